The first kappa shape index (κ1) is 16.0. The van der Waals surface area contributed by atoms with Gasteiger partial charge in [0.1, 0.15) is 0 Å². The highest BCUT2D eigenvalue weighted by atomic mass is 14.9. The summed E-state index contributed by atoms with van der Waals surface area (Å²) in [4.78, 5) is 0. The highest BCUT2D eigenvalue weighted by molar-refractivity contribution is 4.79. The van der Waals surface area contributed by atoms with Crippen LogP contribution in [0.2, 0.25) is 0 Å². The van der Waals surface area contributed by atoms with E-state index in [0.717, 1.165) is 12.0 Å². The van der Waals surface area contributed by atoms with Crippen molar-refractivity contribution in [1.82, 2.24) is 5.32 Å². The fourth-order valence-corrected chi connectivity index (χ4v) is 2.72. The lowest BCUT2D eigenvalue weighted by Crippen LogP contribution is -2.29. The number of rotatable bonds is 13. The molecule has 1 N–H and O–H groups in total. The van der Waals surface area contributed by atoms with E-state index in [2.05, 4.69) is 19.2 Å². The molecule has 1 atom stereocenters. The Morgan fingerprint density at radius 3 is 2.06 bits per heavy atom. The molecule has 1 unspecified atom stereocenters. The van der Waals surface area contributed by atoms with Crippen LogP contribution in [0.15, 0.2) is 0 Å². The minimum atomic E-state index is 0.807. The Hall–Kier alpha value is -0.0400. The van der Waals surface area contributed by atoms with Crippen molar-refractivity contribution < 1.29 is 0 Å². The first-order chi connectivity index (χ1) is 8.86. The predicted octanol–water partition coefficient (Wildman–Crippen LogP) is 5.30. The Bertz CT molecular complexity index is 174. The highest BCUT2D eigenvalue weighted by Crippen LogP contribution is 2.33. The summed E-state index contributed by atoms with van der Waals surface area (Å²) in [6.45, 7) is 5.87. The summed E-state index contributed by atoms with van der Waals surface area (Å²) in [6, 6.07) is 0.807. The maximum atomic E-state index is 3.75. The molecule has 0 aromatic carbocycles. The molecular weight excluding hydrogens is 218 g/mol. The van der Waals surface area contributed by atoms with Crippen LogP contribution in [0.3, 0.4) is 0 Å². The van der Waals surface area contributed by atoms with E-state index in [-0.39, 0.29) is 0 Å². The number of nitrogens with one attached hydrogen (secondary N) is 1. The molecule has 1 fully saturated rings. The number of unbranched alkanes of at least 4 members (excludes halogenated alkanes) is 7. The minimum absolute atomic E-state index is 0.807. The average molecular weight is 253 g/mol. The predicted molar refractivity (Wildman–Crippen MR) is 82.0 cm³/mol. The molecule has 108 valence electrons. The molecule has 1 nitrogen and oxygen atoms in total. The fourth-order valence-electron chi connectivity index (χ4n) is 2.72. The van der Waals surface area contributed by atoms with Gasteiger partial charge in [-0.3, -0.25) is 0 Å². The lowest BCUT2D eigenvalue weighted by molar-refractivity contribution is 0.435. The highest BCUT2D eigenvalue weighted by Gasteiger charge is 2.24. The molecule has 1 heteroatoms. The monoisotopic (exact) mass is 253 g/mol. The molecule has 0 spiro atoms. The molecule has 0 bridgehead atoms. The molecule has 0 aliphatic heterocycles. The Balaban J connectivity index is 1.79. The van der Waals surface area contributed by atoms with E-state index in [0.29, 0.717) is 0 Å². The molecule has 0 saturated heterocycles. The van der Waals surface area contributed by atoms with Crippen LogP contribution in [0.4, 0.5) is 0 Å². The standard InChI is InChI=1S/C17H35N/c1-3-5-6-7-8-9-10-11-14-18-17(4-2)15-16-12-13-16/h16-18H,3-15H2,1-2H3. The Labute approximate surface area is 115 Å². The summed E-state index contributed by atoms with van der Waals surface area (Å²) in [5, 5.41) is 3.75. The van der Waals surface area contributed by atoms with Crippen LogP contribution in [0.25, 0.3) is 0 Å². The van der Waals surface area contributed by atoms with E-state index in [1.165, 1.54) is 83.6 Å². The van der Waals surface area contributed by atoms with Crippen LogP contribution in [0.5, 0.6) is 0 Å². The second-order valence-electron chi connectivity index (χ2n) is 6.21. The lowest BCUT2D eigenvalue weighted by Gasteiger charge is -2.16. The lowest BCUT2D eigenvalue weighted by atomic mass is 10.1. The van der Waals surface area contributed by atoms with Gasteiger partial charge in [-0.15, -0.1) is 0 Å². The van der Waals surface area contributed by atoms with Crippen molar-refractivity contribution >= 4 is 0 Å². The number of hydrogen-bond donors (Lipinski definition) is 1. The third-order valence-electron chi connectivity index (χ3n) is 4.27. The zero-order valence-corrected chi connectivity index (χ0v) is 12.8. The number of hydrogen-bond acceptors (Lipinski definition) is 1. The van der Waals surface area contributed by atoms with Crippen LogP contribution in [0.1, 0.15) is 90.9 Å². The largest absolute Gasteiger partial charge is 0.314 e. The topological polar surface area (TPSA) is 12.0 Å². The normalized spacial score (nSPS) is 17.0. The summed E-state index contributed by atoms with van der Waals surface area (Å²) >= 11 is 0. The molecule has 1 aliphatic rings. The summed E-state index contributed by atoms with van der Waals surface area (Å²) in [7, 11) is 0. The van der Waals surface area contributed by atoms with Crippen molar-refractivity contribution in [3.8, 4) is 0 Å². The van der Waals surface area contributed by atoms with Crippen LogP contribution in [0, 0.1) is 5.92 Å². The second kappa shape index (κ2) is 10.8. The van der Waals surface area contributed by atoms with Gasteiger partial charge < -0.3 is 5.32 Å². The maximum Gasteiger partial charge on any atom is 0.00670 e. The van der Waals surface area contributed by atoms with E-state index >= 15 is 0 Å². The van der Waals surface area contributed by atoms with Crippen molar-refractivity contribution in [2.75, 3.05) is 6.54 Å². The van der Waals surface area contributed by atoms with Gasteiger partial charge in [-0.2, -0.15) is 0 Å². The molecular formula is C17H35N. The van der Waals surface area contributed by atoms with Crippen molar-refractivity contribution in [1.29, 1.82) is 0 Å². The molecule has 0 amide bonds. The first-order valence-electron chi connectivity index (χ1n) is 8.60. The van der Waals surface area contributed by atoms with Crippen LogP contribution in [-0.2, 0) is 0 Å². The quantitative estimate of drug-likeness (QED) is 0.439. The van der Waals surface area contributed by atoms with Crippen molar-refractivity contribution in [2.45, 2.75) is 96.9 Å². The van der Waals surface area contributed by atoms with Gasteiger partial charge in [0.05, 0.1) is 0 Å². The van der Waals surface area contributed by atoms with Crippen molar-refractivity contribution in [2.24, 2.45) is 5.92 Å². The third-order valence-corrected chi connectivity index (χ3v) is 4.27. The second-order valence-corrected chi connectivity index (χ2v) is 6.21. The summed E-state index contributed by atoms with van der Waals surface area (Å²) in [6.07, 6.45) is 17.2. The van der Waals surface area contributed by atoms with Gasteiger partial charge in [0.25, 0.3) is 0 Å². The van der Waals surface area contributed by atoms with E-state index in [4.69, 9.17) is 0 Å². The van der Waals surface area contributed by atoms with Crippen molar-refractivity contribution in [3.63, 3.8) is 0 Å². The van der Waals surface area contributed by atoms with Gasteiger partial charge in [-0.25, -0.2) is 0 Å². The van der Waals surface area contributed by atoms with Gasteiger partial charge in [0, 0.05) is 6.04 Å². The first-order valence-corrected chi connectivity index (χ1v) is 8.60. The SMILES string of the molecule is CCCCCCCCCCNC(CC)CC1CC1. The molecule has 1 aliphatic carbocycles. The molecule has 0 heterocycles. The summed E-state index contributed by atoms with van der Waals surface area (Å²) < 4.78 is 0. The zero-order valence-electron chi connectivity index (χ0n) is 12.8. The smallest absolute Gasteiger partial charge is 0.00670 e. The van der Waals surface area contributed by atoms with Gasteiger partial charge in [-0.05, 0) is 31.7 Å². The third kappa shape index (κ3) is 8.97. The van der Waals surface area contributed by atoms with E-state index in [1.807, 2.05) is 0 Å². The van der Waals surface area contributed by atoms with Crippen LogP contribution in [-0.4, -0.2) is 12.6 Å². The van der Waals surface area contributed by atoms with Gasteiger partial charge >= 0.3 is 0 Å². The Kier molecular flexibility index (Phi) is 9.65. The van der Waals surface area contributed by atoms with Gasteiger partial charge in [0.2, 0.25) is 0 Å². The molecule has 1 rings (SSSR count). The van der Waals surface area contributed by atoms with E-state index < -0.39 is 0 Å². The Morgan fingerprint density at radius 1 is 0.889 bits per heavy atom. The van der Waals surface area contributed by atoms with E-state index in [1.54, 1.807) is 0 Å². The van der Waals surface area contributed by atoms with Gasteiger partial charge in [0.15, 0.2) is 0 Å². The minimum Gasteiger partial charge on any atom is -0.314 e. The zero-order chi connectivity index (χ0) is 13.1. The van der Waals surface area contributed by atoms with Gasteiger partial charge in [-0.1, -0.05) is 71.6 Å². The Morgan fingerprint density at radius 2 is 1.50 bits per heavy atom. The average Bonchev–Trinajstić information content (AvgIpc) is 3.19. The van der Waals surface area contributed by atoms with Crippen molar-refractivity contribution in [3.05, 3.63) is 0 Å². The fraction of sp³-hybridized carbons (Fsp3) is 1.00. The summed E-state index contributed by atoms with van der Waals surface area (Å²) in [5.41, 5.74) is 0. The maximum absolute atomic E-state index is 3.75. The molecule has 18 heavy (non-hydrogen) atoms. The van der Waals surface area contributed by atoms with E-state index in [9.17, 15) is 0 Å². The van der Waals surface area contributed by atoms with Crippen LogP contribution >= 0.6 is 0 Å². The molecule has 0 aromatic heterocycles. The molecule has 0 aromatic rings. The summed E-state index contributed by atoms with van der Waals surface area (Å²) in [5.74, 6) is 1.07. The molecule has 0 radical (unpaired) electrons. The van der Waals surface area contributed by atoms with Crippen LogP contribution < -0.4 is 5.32 Å². The molecule has 1 saturated carbocycles.